The first-order chi connectivity index (χ1) is 15.2. The molecular weight excluding hydrogens is 390 g/mol. The van der Waals surface area contributed by atoms with E-state index in [0.29, 0.717) is 30.5 Å². The second-order valence-electron chi connectivity index (χ2n) is 7.19. The molecule has 0 fully saturated rings. The van der Waals surface area contributed by atoms with Gasteiger partial charge in [0.05, 0.1) is 11.2 Å². The van der Waals surface area contributed by atoms with Crippen LogP contribution >= 0.6 is 0 Å². The quantitative estimate of drug-likeness (QED) is 0.370. The van der Waals surface area contributed by atoms with Crippen LogP contribution in [0, 0.1) is 0 Å². The molecule has 0 radical (unpaired) electrons. The lowest BCUT2D eigenvalue weighted by Crippen LogP contribution is -2.06. The molecule has 0 spiro atoms. The van der Waals surface area contributed by atoms with Gasteiger partial charge in [-0.1, -0.05) is 42.5 Å². The Hall–Kier alpha value is -3.86. The van der Waals surface area contributed by atoms with E-state index in [2.05, 4.69) is 11.1 Å². The van der Waals surface area contributed by atoms with Crippen molar-refractivity contribution >= 4 is 16.7 Å². The van der Waals surface area contributed by atoms with Crippen molar-refractivity contribution in [1.82, 2.24) is 4.98 Å². The van der Waals surface area contributed by atoms with Gasteiger partial charge in [-0.25, -0.2) is 4.98 Å². The van der Waals surface area contributed by atoms with Crippen LogP contribution < -0.4 is 14.2 Å². The first kappa shape index (κ1) is 20.4. The van der Waals surface area contributed by atoms with Gasteiger partial charge in [-0.2, -0.15) is 0 Å². The number of rotatable bonds is 9. The van der Waals surface area contributed by atoms with Gasteiger partial charge in [0.1, 0.15) is 37.1 Å². The van der Waals surface area contributed by atoms with Crippen molar-refractivity contribution in [3.8, 4) is 17.2 Å². The van der Waals surface area contributed by atoms with E-state index < -0.39 is 0 Å². The highest BCUT2D eigenvalue weighted by Crippen LogP contribution is 2.22. The second kappa shape index (κ2) is 9.76. The Balaban J connectivity index is 1.35. The predicted octanol–water partition coefficient (Wildman–Crippen LogP) is 5.36. The zero-order valence-corrected chi connectivity index (χ0v) is 17.3. The predicted molar refractivity (Wildman–Crippen MR) is 119 cm³/mol. The van der Waals surface area contributed by atoms with Gasteiger partial charge in [0.15, 0.2) is 5.78 Å². The molecule has 1 heterocycles. The third kappa shape index (κ3) is 5.82. The van der Waals surface area contributed by atoms with Gasteiger partial charge in [0.2, 0.25) is 0 Å². The van der Waals surface area contributed by atoms with Crippen molar-refractivity contribution in [3.05, 3.63) is 96.2 Å². The van der Waals surface area contributed by atoms with Crippen LogP contribution in [0.5, 0.6) is 17.2 Å². The fraction of sp³-hybridized carbons (Fsp3) is 0.154. The number of ketones is 1. The maximum atomic E-state index is 11.1. The first-order valence-corrected chi connectivity index (χ1v) is 10.1. The zero-order valence-electron chi connectivity index (χ0n) is 17.3. The third-order valence-corrected chi connectivity index (χ3v) is 4.59. The number of carbonyl (C=O) groups excluding carboxylic acids is 1. The Bertz CT molecular complexity index is 1190. The molecule has 31 heavy (non-hydrogen) atoms. The van der Waals surface area contributed by atoms with Gasteiger partial charge < -0.3 is 14.2 Å². The van der Waals surface area contributed by atoms with E-state index in [1.54, 1.807) is 0 Å². The molecule has 3 aromatic carbocycles. The number of para-hydroxylation sites is 1. The molecular formula is C26H23NO4. The highest BCUT2D eigenvalue weighted by Gasteiger charge is 2.04. The molecule has 5 nitrogen and oxygen atoms in total. The number of carbonyl (C=O) groups is 1. The summed E-state index contributed by atoms with van der Waals surface area (Å²) in [7, 11) is 0. The van der Waals surface area contributed by atoms with Gasteiger partial charge in [0.25, 0.3) is 0 Å². The molecule has 0 saturated carbocycles. The molecule has 0 N–H and O–H groups in total. The van der Waals surface area contributed by atoms with Gasteiger partial charge in [-0.15, -0.1) is 0 Å². The summed E-state index contributed by atoms with van der Waals surface area (Å²) < 4.78 is 17.3. The zero-order chi connectivity index (χ0) is 21.5. The Morgan fingerprint density at radius 1 is 0.742 bits per heavy atom. The summed E-state index contributed by atoms with van der Waals surface area (Å²) in [5, 5.41) is 1.11. The monoisotopic (exact) mass is 413 g/mol. The summed E-state index contributed by atoms with van der Waals surface area (Å²) in [6, 6.07) is 27.1. The molecule has 0 aliphatic heterocycles. The van der Waals surface area contributed by atoms with E-state index in [4.69, 9.17) is 14.2 Å². The molecule has 0 aliphatic rings. The maximum Gasteiger partial charge on any atom is 0.167 e. The van der Waals surface area contributed by atoms with Crippen LogP contribution in [-0.4, -0.2) is 17.4 Å². The minimum absolute atomic E-state index is 0.0163. The normalized spacial score (nSPS) is 10.6. The van der Waals surface area contributed by atoms with E-state index in [1.807, 2.05) is 78.9 Å². The van der Waals surface area contributed by atoms with E-state index in [9.17, 15) is 4.79 Å². The van der Waals surface area contributed by atoms with Crippen LogP contribution in [-0.2, 0) is 18.0 Å². The fourth-order valence-corrected chi connectivity index (χ4v) is 3.08. The molecule has 0 unspecified atom stereocenters. The van der Waals surface area contributed by atoms with Crippen LogP contribution in [0.1, 0.15) is 18.2 Å². The fourth-order valence-electron chi connectivity index (χ4n) is 3.08. The SMILES string of the molecule is CC(=O)COc1cccc(COc2cccc(OCc3ccc4ccccc4n3)c2)c1. The summed E-state index contributed by atoms with van der Waals surface area (Å²) in [6.45, 7) is 2.32. The Morgan fingerprint density at radius 3 is 2.26 bits per heavy atom. The van der Waals surface area contributed by atoms with Gasteiger partial charge in [-0.3, -0.25) is 4.79 Å². The van der Waals surface area contributed by atoms with E-state index in [1.165, 1.54) is 6.92 Å². The summed E-state index contributed by atoms with van der Waals surface area (Å²) in [4.78, 5) is 15.7. The Labute approximate surface area is 181 Å². The van der Waals surface area contributed by atoms with Crippen molar-refractivity contribution in [2.24, 2.45) is 0 Å². The van der Waals surface area contributed by atoms with E-state index in [-0.39, 0.29) is 12.4 Å². The minimum atomic E-state index is -0.0163. The number of nitrogens with zero attached hydrogens (tertiary/aromatic N) is 1. The van der Waals surface area contributed by atoms with Crippen LogP contribution in [0.4, 0.5) is 0 Å². The molecule has 156 valence electrons. The van der Waals surface area contributed by atoms with E-state index in [0.717, 1.165) is 22.2 Å². The van der Waals surface area contributed by atoms with Crippen molar-refractivity contribution in [2.45, 2.75) is 20.1 Å². The molecule has 4 aromatic rings. The molecule has 4 rings (SSSR count). The summed E-state index contributed by atoms with van der Waals surface area (Å²) >= 11 is 0. The summed E-state index contributed by atoms with van der Waals surface area (Å²) in [6.07, 6.45) is 0. The van der Waals surface area contributed by atoms with Gasteiger partial charge in [-0.05, 0) is 48.9 Å². The highest BCUT2D eigenvalue weighted by molar-refractivity contribution is 5.78. The van der Waals surface area contributed by atoms with Crippen molar-refractivity contribution in [1.29, 1.82) is 0 Å². The second-order valence-corrected chi connectivity index (χ2v) is 7.19. The average Bonchev–Trinajstić information content (AvgIpc) is 2.80. The van der Waals surface area contributed by atoms with Crippen LogP contribution in [0.15, 0.2) is 84.9 Å². The Morgan fingerprint density at radius 2 is 1.45 bits per heavy atom. The van der Waals surface area contributed by atoms with Crippen LogP contribution in [0.2, 0.25) is 0 Å². The minimum Gasteiger partial charge on any atom is -0.489 e. The Kier molecular flexibility index (Phi) is 6.43. The number of fused-ring (bicyclic) bond motifs is 1. The molecule has 0 bridgehead atoms. The van der Waals surface area contributed by atoms with Gasteiger partial charge >= 0.3 is 0 Å². The number of pyridine rings is 1. The van der Waals surface area contributed by atoms with Crippen molar-refractivity contribution < 1.29 is 19.0 Å². The summed E-state index contributed by atoms with van der Waals surface area (Å²) in [5.41, 5.74) is 2.77. The molecule has 1 aromatic heterocycles. The largest absolute Gasteiger partial charge is 0.489 e. The number of Topliss-reactive ketones (excluding diaryl/α,β-unsaturated/α-hetero) is 1. The molecule has 0 atom stereocenters. The van der Waals surface area contributed by atoms with E-state index >= 15 is 0 Å². The van der Waals surface area contributed by atoms with Crippen LogP contribution in [0.3, 0.4) is 0 Å². The van der Waals surface area contributed by atoms with Crippen molar-refractivity contribution in [3.63, 3.8) is 0 Å². The molecule has 0 saturated heterocycles. The number of ether oxygens (including phenoxy) is 3. The molecule has 5 heteroatoms. The van der Waals surface area contributed by atoms with Crippen LogP contribution in [0.25, 0.3) is 10.9 Å². The average molecular weight is 413 g/mol. The number of hydrogen-bond donors (Lipinski definition) is 0. The first-order valence-electron chi connectivity index (χ1n) is 10.1. The standard InChI is InChI=1S/C26H23NO4/c1-19(28)16-29-23-8-4-6-20(14-23)17-30-24-9-5-10-25(15-24)31-18-22-13-12-21-7-2-3-11-26(21)27-22/h2-15H,16-18H2,1H3. The lowest BCUT2D eigenvalue weighted by Gasteiger charge is -2.11. The van der Waals surface area contributed by atoms with Crippen molar-refractivity contribution in [2.75, 3.05) is 6.61 Å². The number of hydrogen-bond acceptors (Lipinski definition) is 5. The smallest absolute Gasteiger partial charge is 0.167 e. The van der Waals surface area contributed by atoms with Gasteiger partial charge in [0, 0.05) is 11.5 Å². The lowest BCUT2D eigenvalue weighted by molar-refractivity contribution is -0.118. The number of benzene rings is 3. The number of aromatic nitrogens is 1. The molecule has 0 aliphatic carbocycles. The summed E-state index contributed by atoms with van der Waals surface area (Å²) in [5.74, 6) is 2.05. The highest BCUT2D eigenvalue weighted by atomic mass is 16.5. The molecule has 0 amide bonds. The lowest BCUT2D eigenvalue weighted by atomic mass is 10.2. The third-order valence-electron chi connectivity index (χ3n) is 4.59. The topological polar surface area (TPSA) is 57.7 Å². The maximum absolute atomic E-state index is 11.1.